The lowest BCUT2D eigenvalue weighted by Crippen LogP contribution is -2.51. The summed E-state index contributed by atoms with van der Waals surface area (Å²) >= 11 is 0. The highest BCUT2D eigenvalue weighted by atomic mass is 35.5. The molecule has 0 spiro atoms. The van der Waals surface area contributed by atoms with Crippen molar-refractivity contribution < 1.29 is 4.79 Å². The second-order valence-electron chi connectivity index (χ2n) is 5.68. The van der Waals surface area contributed by atoms with Gasteiger partial charge in [-0.1, -0.05) is 30.3 Å². The minimum atomic E-state index is 0. The van der Waals surface area contributed by atoms with E-state index in [2.05, 4.69) is 53.8 Å². The zero-order chi connectivity index (χ0) is 14.4. The topological polar surface area (TPSA) is 44.4 Å². The lowest BCUT2D eigenvalue weighted by molar-refractivity contribution is -0.126. The van der Waals surface area contributed by atoms with Gasteiger partial charge in [-0.15, -0.1) is 12.4 Å². The molecular weight excluding hydrogens is 286 g/mol. The molecule has 1 heterocycles. The molecule has 0 bridgehead atoms. The number of rotatable bonds is 7. The Bertz CT molecular complexity index is 423. The summed E-state index contributed by atoms with van der Waals surface area (Å²) in [7, 11) is 2.13. The van der Waals surface area contributed by atoms with Crippen molar-refractivity contribution >= 4 is 18.3 Å². The number of amides is 1. The fourth-order valence-corrected chi connectivity index (χ4v) is 2.27. The quantitative estimate of drug-likeness (QED) is 0.805. The van der Waals surface area contributed by atoms with Crippen LogP contribution in [-0.4, -0.2) is 43.5 Å². The van der Waals surface area contributed by atoms with Crippen LogP contribution in [0.2, 0.25) is 0 Å². The largest absolute Gasteiger partial charge is 0.356 e. The Hall–Kier alpha value is -1.10. The van der Waals surface area contributed by atoms with Gasteiger partial charge in [-0.3, -0.25) is 9.69 Å². The van der Waals surface area contributed by atoms with Crippen LogP contribution in [0.3, 0.4) is 0 Å². The highest BCUT2D eigenvalue weighted by Gasteiger charge is 2.24. The van der Waals surface area contributed by atoms with Gasteiger partial charge in [0.25, 0.3) is 0 Å². The summed E-state index contributed by atoms with van der Waals surface area (Å²) in [4.78, 5) is 14.0. The molecule has 5 heteroatoms. The van der Waals surface area contributed by atoms with E-state index >= 15 is 0 Å². The Morgan fingerprint density at radius 3 is 2.62 bits per heavy atom. The Kier molecular flexibility index (Phi) is 7.72. The predicted octanol–water partition coefficient (Wildman–Crippen LogP) is 1.65. The molecule has 0 radical (unpaired) electrons. The maximum absolute atomic E-state index is 11.7. The zero-order valence-electron chi connectivity index (χ0n) is 12.8. The van der Waals surface area contributed by atoms with Gasteiger partial charge in [0.05, 0.1) is 5.92 Å². The molecule has 1 aromatic carbocycles. The molecule has 1 amide bonds. The van der Waals surface area contributed by atoms with E-state index in [9.17, 15) is 4.79 Å². The first kappa shape index (κ1) is 18.0. The van der Waals surface area contributed by atoms with Crippen LogP contribution in [0, 0.1) is 5.92 Å². The number of carbonyl (C=O) groups excluding carboxylic acids is 1. The average molecular weight is 312 g/mol. The number of carbonyl (C=O) groups is 1. The average Bonchev–Trinajstić information content (AvgIpc) is 2.37. The smallest absolute Gasteiger partial charge is 0.225 e. The maximum Gasteiger partial charge on any atom is 0.225 e. The van der Waals surface area contributed by atoms with Crippen LogP contribution in [0.15, 0.2) is 30.3 Å². The fourth-order valence-electron chi connectivity index (χ4n) is 2.27. The number of nitrogens with one attached hydrogen (secondary N) is 2. The Morgan fingerprint density at radius 1 is 1.38 bits per heavy atom. The number of hydrogen-bond acceptors (Lipinski definition) is 3. The van der Waals surface area contributed by atoms with Gasteiger partial charge in [0.1, 0.15) is 0 Å². The van der Waals surface area contributed by atoms with Crippen molar-refractivity contribution in [1.82, 2.24) is 15.5 Å². The molecule has 0 saturated carbocycles. The molecule has 118 valence electrons. The molecule has 2 N–H and O–H groups in total. The molecule has 21 heavy (non-hydrogen) atoms. The summed E-state index contributed by atoms with van der Waals surface area (Å²) in [6, 6.07) is 10.9. The van der Waals surface area contributed by atoms with Crippen LogP contribution < -0.4 is 10.6 Å². The summed E-state index contributed by atoms with van der Waals surface area (Å²) in [6.07, 6.45) is 0.981. The van der Waals surface area contributed by atoms with Crippen molar-refractivity contribution in [2.24, 2.45) is 5.92 Å². The molecule has 0 aromatic heterocycles. The highest BCUT2D eigenvalue weighted by molar-refractivity contribution is 5.85. The minimum absolute atomic E-state index is 0. The second-order valence-corrected chi connectivity index (χ2v) is 5.68. The van der Waals surface area contributed by atoms with Gasteiger partial charge in [-0.05, 0) is 26.0 Å². The van der Waals surface area contributed by atoms with Crippen molar-refractivity contribution in [3.63, 3.8) is 0 Å². The first-order valence-electron chi connectivity index (χ1n) is 7.39. The van der Waals surface area contributed by atoms with Crippen molar-refractivity contribution in [3.8, 4) is 0 Å². The van der Waals surface area contributed by atoms with Gasteiger partial charge >= 0.3 is 0 Å². The summed E-state index contributed by atoms with van der Waals surface area (Å²) in [6.45, 7) is 5.57. The van der Waals surface area contributed by atoms with Gasteiger partial charge in [-0.2, -0.15) is 0 Å². The standard InChI is InChI=1S/C16H25N3O.ClH/c1-13(8-9-18-16(20)15-10-17-11-15)19(2)12-14-6-4-3-5-7-14;/h3-7,13,15,17H,8-12H2,1-2H3,(H,18,20);1H. The Balaban J connectivity index is 0.00000220. The molecule has 1 saturated heterocycles. The third-order valence-electron chi connectivity index (χ3n) is 4.04. The molecule has 4 nitrogen and oxygen atoms in total. The molecule has 1 atom stereocenters. The van der Waals surface area contributed by atoms with Crippen LogP contribution in [0.25, 0.3) is 0 Å². The minimum Gasteiger partial charge on any atom is -0.356 e. The number of halogens is 1. The van der Waals surface area contributed by atoms with E-state index in [0.717, 1.165) is 32.6 Å². The summed E-state index contributed by atoms with van der Waals surface area (Å²) in [5.41, 5.74) is 1.33. The SMILES string of the molecule is CC(CCNC(=O)C1CNC1)N(C)Cc1ccccc1.Cl. The van der Waals surface area contributed by atoms with Crippen molar-refractivity contribution in [2.45, 2.75) is 25.9 Å². The first-order chi connectivity index (χ1) is 9.66. The van der Waals surface area contributed by atoms with Crippen LogP contribution in [0.5, 0.6) is 0 Å². The number of benzene rings is 1. The van der Waals surface area contributed by atoms with Crippen LogP contribution in [0.4, 0.5) is 0 Å². The number of nitrogens with zero attached hydrogens (tertiary/aromatic N) is 1. The maximum atomic E-state index is 11.7. The number of hydrogen-bond donors (Lipinski definition) is 2. The third kappa shape index (κ3) is 5.65. The molecule has 1 aliphatic rings. The molecule has 2 rings (SSSR count). The van der Waals surface area contributed by atoms with Crippen molar-refractivity contribution in [3.05, 3.63) is 35.9 Å². The Morgan fingerprint density at radius 2 is 2.05 bits per heavy atom. The zero-order valence-corrected chi connectivity index (χ0v) is 13.7. The highest BCUT2D eigenvalue weighted by Crippen LogP contribution is 2.08. The predicted molar refractivity (Wildman–Crippen MR) is 88.6 cm³/mol. The van der Waals surface area contributed by atoms with Gasteiger partial charge in [-0.25, -0.2) is 0 Å². The van der Waals surface area contributed by atoms with Crippen molar-refractivity contribution in [1.29, 1.82) is 0 Å². The van der Waals surface area contributed by atoms with Gasteiger partial charge < -0.3 is 10.6 Å². The molecule has 1 unspecified atom stereocenters. The van der Waals surface area contributed by atoms with Crippen molar-refractivity contribution in [2.75, 3.05) is 26.7 Å². The van der Waals surface area contributed by atoms with Gasteiger partial charge in [0.2, 0.25) is 5.91 Å². The van der Waals surface area contributed by atoms with E-state index in [1.807, 2.05) is 6.07 Å². The molecule has 1 fully saturated rings. The monoisotopic (exact) mass is 311 g/mol. The molecule has 1 aliphatic heterocycles. The van der Waals surface area contributed by atoms with E-state index in [0.29, 0.717) is 6.04 Å². The van der Waals surface area contributed by atoms with E-state index < -0.39 is 0 Å². The van der Waals surface area contributed by atoms with Crippen LogP contribution in [0.1, 0.15) is 18.9 Å². The van der Waals surface area contributed by atoms with E-state index in [-0.39, 0.29) is 24.2 Å². The van der Waals surface area contributed by atoms with E-state index in [1.54, 1.807) is 0 Å². The summed E-state index contributed by atoms with van der Waals surface area (Å²) < 4.78 is 0. The molecular formula is C16H26ClN3O. The summed E-state index contributed by atoms with van der Waals surface area (Å²) in [5.74, 6) is 0.383. The van der Waals surface area contributed by atoms with Gasteiger partial charge in [0.15, 0.2) is 0 Å². The molecule has 1 aromatic rings. The second kappa shape index (κ2) is 9.03. The third-order valence-corrected chi connectivity index (χ3v) is 4.04. The van der Waals surface area contributed by atoms with Gasteiger partial charge in [0, 0.05) is 32.2 Å². The van der Waals surface area contributed by atoms with Crippen LogP contribution in [-0.2, 0) is 11.3 Å². The van der Waals surface area contributed by atoms with E-state index in [1.165, 1.54) is 5.56 Å². The fraction of sp³-hybridized carbons (Fsp3) is 0.562. The first-order valence-corrected chi connectivity index (χ1v) is 7.39. The molecule has 0 aliphatic carbocycles. The summed E-state index contributed by atoms with van der Waals surface area (Å²) in [5, 5.41) is 6.15. The lowest BCUT2D eigenvalue weighted by Gasteiger charge is -2.27. The Labute approximate surface area is 133 Å². The lowest BCUT2D eigenvalue weighted by atomic mass is 10.0. The normalized spacial score (nSPS) is 16.0. The van der Waals surface area contributed by atoms with E-state index in [4.69, 9.17) is 0 Å². The van der Waals surface area contributed by atoms with Crippen LogP contribution >= 0.6 is 12.4 Å².